The van der Waals surface area contributed by atoms with E-state index in [0.717, 1.165) is 58.1 Å². The zero-order valence-electron chi connectivity index (χ0n) is 53.2. The zero-order valence-corrected chi connectivity index (χ0v) is 64.8. The van der Waals surface area contributed by atoms with E-state index in [1.54, 1.807) is 0 Å². The summed E-state index contributed by atoms with van der Waals surface area (Å²) in [6, 6.07) is 114. The van der Waals surface area contributed by atoms with Crippen molar-refractivity contribution in [1.29, 1.82) is 0 Å². The third-order valence-electron chi connectivity index (χ3n) is 15.2. The van der Waals surface area contributed by atoms with Gasteiger partial charge in [0.2, 0.25) is 0 Å². The molecule has 0 spiro atoms. The topological polar surface area (TPSA) is 53.5 Å². The Hall–Kier alpha value is -5.49. The van der Waals surface area contributed by atoms with Crippen LogP contribution in [0.25, 0.3) is 22.3 Å². The zero-order chi connectivity index (χ0) is 66.7. The van der Waals surface area contributed by atoms with E-state index in [1.807, 2.05) is 19.4 Å². The van der Waals surface area contributed by atoms with Crippen LogP contribution in [0.4, 0.5) is 0 Å². The summed E-state index contributed by atoms with van der Waals surface area (Å²) in [7, 11) is 25.0. The van der Waals surface area contributed by atoms with Gasteiger partial charge in [-0.1, -0.05) is 291 Å². The van der Waals surface area contributed by atoms with Gasteiger partial charge >= 0.3 is 76.6 Å². The minimum Gasteiger partial charge on any atom is -0.493 e. The number of ether oxygens (including phenoxy) is 4. The van der Waals surface area contributed by atoms with Crippen LogP contribution in [-0.4, -0.2) is 40.5 Å². The second kappa shape index (κ2) is 40.7. The average Bonchev–Trinajstić information content (AvgIpc) is 1.35. The second-order valence-corrected chi connectivity index (χ2v) is 40.8. The predicted molar refractivity (Wildman–Crippen MR) is 413 cm³/mol. The molecule has 0 radical (unpaired) electrons. The first-order valence-corrected chi connectivity index (χ1v) is 47.8. The van der Waals surface area contributed by atoms with Gasteiger partial charge in [0.15, 0.2) is 0 Å². The molecule has 17 heteroatoms. The maximum atomic E-state index is 6.61. The third kappa shape index (κ3) is 20.4. The molecule has 0 unspecified atom stereocenters. The number of benzene rings is 12. The van der Waals surface area contributed by atoms with Crippen LogP contribution in [0, 0.1) is 0 Å². The van der Waals surface area contributed by atoms with Crippen molar-refractivity contribution in [2.75, 3.05) is 40.5 Å². The van der Waals surface area contributed by atoms with Crippen molar-refractivity contribution in [1.82, 2.24) is 0 Å². The van der Waals surface area contributed by atoms with E-state index in [4.69, 9.17) is 67.4 Å². The molecule has 0 fully saturated rings. The van der Waals surface area contributed by atoms with Crippen molar-refractivity contribution in [3.05, 3.63) is 315 Å². The number of fused-ring (bicyclic) bond motifs is 6. The molecular weight excluding hydrogens is 1580 g/mol. The van der Waals surface area contributed by atoms with E-state index < -0.39 is 44.7 Å². The molecule has 0 saturated carbocycles. The molecule has 499 valence electrons. The van der Waals surface area contributed by atoms with E-state index in [0.29, 0.717) is 26.4 Å². The van der Waals surface area contributed by atoms with Gasteiger partial charge in [0.05, 0.1) is 40.5 Å². The molecule has 12 aromatic carbocycles. The molecule has 2 heterocycles. The minimum atomic E-state index is -1.75. The Labute approximate surface area is 616 Å². The molecule has 14 rings (SSSR count). The molecule has 0 atom stereocenters. The Morgan fingerprint density at radius 3 is 0.567 bits per heavy atom. The van der Waals surface area contributed by atoms with Gasteiger partial charge in [0, 0.05) is 35.1 Å². The summed E-state index contributed by atoms with van der Waals surface area (Å²) in [5.74, 6) is 3.69. The molecule has 12 aromatic rings. The first-order valence-electron chi connectivity index (χ1n) is 31.2. The van der Waals surface area contributed by atoms with Crippen molar-refractivity contribution < 1.29 is 64.8 Å². The van der Waals surface area contributed by atoms with E-state index in [-0.39, 0.29) is 27.6 Å². The summed E-state index contributed by atoms with van der Waals surface area (Å²) in [5, 5.41) is 17.6. The number of nitrogens with two attached hydrogens (primary N) is 1. The molecule has 2 N–H and O–H groups in total. The van der Waals surface area contributed by atoms with Crippen molar-refractivity contribution in [3.8, 4) is 45.3 Å². The summed E-state index contributed by atoms with van der Waals surface area (Å²) in [6.45, 7) is 2.45. The number of hydrogen-bond donors (Lipinski definition) is 1. The van der Waals surface area contributed by atoms with Gasteiger partial charge in [-0.2, -0.15) is 0 Å². The monoisotopic (exact) mass is 1650 g/mol. The van der Waals surface area contributed by atoms with Crippen molar-refractivity contribution >= 4 is 144 Å². The maximum Gasteiger partial charge on any atom is 0.127 e. The third-order valence-corrected chi connectivity index (χ3v) is 25.1. The standard InChI is InChI=1S/2C39H32O2P2.C2H7N.6ClH.2Ru/c2*1-5-16-30(17-6-1)42(31-18-7-2-8-19-31)36-26-13-24-34-38(36)39-35(41-29-15-28-40-34)25-14-27-37(39)43(32-20-9-3-10-21-32)33-22-11-4-12-23-33;1-3-2;;;;;;;;/h2*1-14,16-27H,15,28-29H2;3H,1-2H3;6*1H;;/q;;;;;;;;;+2;+3/p-5. The van der Waals surface area contributed by atoms with Crippen molar-refractivity contribution in [3.63, 3.8) is 0 Å². The molecular formula is C80H72Cl6NO4P4Ru2. The van der Waals surface area contributed by atoms with Crippen LogP contribution in [0.1, 0.15) is 12.8 Å². The normalized spacial score (nSPS) is 12.1. The largest absolute Gasteiger partial charge is 0.493 e. The SMILES string of the molecule is C[NH2+]C.[Cl-].[Cl][Ru]([Cl])[Cl].[Cl][Ru][Cl].c1ccc(P(c2ccccc2)c2cccc3c2-c2c(cccc2P(c2ccccc2)c2ccccc2)OCCCO3)cc1.c1ccc(P(c2ccccc2)c2cccc3c2-c2c(cccc2P(c2ccccc2)c2ccccc2)OCCCO3)cc1. The Balaban J connectivity index is 0.000000198. The van der Waals surface area contributed by atoms with Gasteiger partial charge < -0.3 is 36.7 Å². The van der Waals surface area contributed by atoms with Gasteiger partial charge in [0.1, 0.15) is 23.0 Å². The molecule has 0 aliphatic carbocycles. The van der Waals surface area contributed by atoms with E-state index in [2.05, 4.69) is 315 Å². The van der Waals surface area contributed by atoms with E-state index >= 15 is 0 Å². The molecule has 0 bridgehead atoms. The first kappa shape index (κ1) is 75.7. The summed E-state index contributed by atoms with van der Waals surface area (Å²) < 4.78 is 26.4. The molecule has 2 aliphatic rings. The Kier molecular flexibility index (Phi) is 31.7. The number of rotatable bonds is 12. The first-order chi connectivity index (χ1) is 47.3. The Morgan fingerprint density at radius 2 is 0.423 bits per heavy atom. The van der Waals surface area contributed by atoms with Gasteiger partial charge in [-0.05, 0) is 120 Å². The van der Waals surface area contributed by atoms with Gasteiger partial charge in [0.25, 0.3) is 0 Å². The fourth-order valence-electron chi connectivity index (χ4n) is 11.5. The quantitative estimate of drug-likeness (QED) is 0.0978. The van der Waals surface area contributed by atoms with Crippen LogP contribution in [-0.2, 0) is 28.1 Å². The van der Waals surface area contributed by atoms with Crippen molar-refractivity contribution in [2.24, 2.45) is 0 Å². The van der Waals surface area contributed by atoms with E-state index in [9.17, 15) is 0 Å². The van der Waals surface area contributed by atoms with Gasteiger partial charge in [-0.15, -0.1) is 0 Å². The average molecular weight is 1650 g/mol. The van der Waals surface area contributed by atoms with Crippen LogP contribution < -0.4 is 100 Å². The van der Waals surface area contributed by atoms with Crippen LogP contribution in [0.3, 0.4) is 0 Å². The van der Waals surface area contributed by atoms with Crippen molar-refractivity contribution in [2.45, 2.75) is 12.8 Å². The maximum absolute atomic E-state index is 6.61. The number of halogens is 6. The number of hydrogen-bond acceptors (Lipinski definition) is 4. The summed E-state index contributed by atoms with van der Waals surface area (Å²) in [5.41, 5.74) is 4.59. The molecule has 0 amide bonds. The van der Waals surface area contributed by atoms with Crippen LogP contribution in [0.2, 0.25) is 0 Å². The molecule has 2 aliphatic heterocycles. The smallest absolute Gasteiger partial charge is 0.127 e. The molecule has 0 aromatic heterocycles. The van der Waals surface area contributed by atoms with Crippen LogP contribution in [0.5, 0.6) is 23.0 Å². The molecule has 97 heavy (non-hydrogen) atoms. The molecule has 5 nitrogen and oxygen atoms in total. The summed E-state index contributed by atoms with van der Waals surface area (Å²) >= 11 is -2.10. The Bertz CT molecular complexity index is 3570. The van der Waals surface area contributed by atoms with Gasteiger partial charge in [-0.3, -0.25) is 0 Å². The van der Waals surface area contributed by atoms with E-state index in [1.165, 1.54) is 63.7 Å². The number of quaternary nitrogens is 1. The Morgan fingerprint density at radius 1 is 0.278 bits per heavy atom. The van der Waals surface area contributed by atoms with Gasteiger partial charge in [-0.25, -0.2) is 0 Å². The summed E-state index contributed by atoms with van der Waals surface area (Å²) in [4.78, 5) is 0. The fraction of sp³-hybridized carbons (Fsp3) is 0.100. The molecule has 0 saturated heterocycles. The van der Waals surface area contributed by atoms with Crippen LogP contribution >= 0.6 is 80.1 Å². The second-order valence-electron chi connectivity index (χ2n) is 21.5. The summed E-state index contributed by atoms with van der Waals surface area (Å²) in [6.07, 6.45) is 1.65. The van der Waals surface area contributed by atoms with Crippen LogP contribution in [0.15, 0.2) is 315 Å². The minimum absolute atomic E-state index is 0. The fourth-order valence-corrected chi connectivity index (χ4v) is 21.4. The predicted octanol–water partition coefficient (Wildman–Crippen LogP) is 13.3.